The predicted octanol–water partition coefficient (Wildman–Crippen LogP) is 2.61. The summed E-state index contributed by atoms with van der Waals surface area (Å²) in [5, 5.41) is 9.52. The Morgan fingerprint density at radius 1 is 1.24 bits per heavy atom. The lowest BCUT2D eigenvalue weighted by Crippen LogP contribution is -2.44. The number of hydrogen-bond donors (Lipinski definition) is 1. The lowest BCUT2D eigenvalue weighted by atomic mass is 9.98. The van der Waals surface area contributed by atoms with Gasteiger partial charge in [0, 0.05) is 25.8 Å². The van der Waals surface area contributed by atoms with Gasteiger partial charge in [-0.2, -0.15) is 4.31 Å². The number of aromatic nitrogens is 2. The molecule has 1 atom stereocenters. The third kappa shape index (κ3) is 3.88. The van der Waals surface area contributed by atoms with Crippen LogP contribution in [-0.2, 0) is 23.5 Å². The third-order valence-corrected chi connectivity index (χ3v) is 6.76. The first-order chi connectivity index (χ1) is 11.9. The number of aryl methyl sites for hydroxylation is 3. The third-order valence-electron chi connectivity index (χ3n) is 4.94. The summed E-state index contributed by atoms with van der Waals surface area (Å²) in [6.45, 7) is 2.36. The standard InChI is InChI=1S/C18H25N3O3S/c1-14-19-18(13-20(14)2)25(23,24)21-12-4-3-5-16(21)9-6-15-7-10-17(22)11-8-15/h7-8,10-11,13,16,22H,3-6,9,12H2,1-2H3/t16-/m1/s1. The molecule has 1 aromatic carbocycles. The van der Waals surface area contributed by atoms with E-state index in [4.69, 9.17) is 0 Å². The average molecular weight is 363 g/mol. The molecule has 2 aromatic rings. The Morgan fingerprint density at radius 3 is 2.60 bits per heavy atom. The molecule has 1 saturated heterocycles. The molecule has 0 spiro atoms. The van der Waals surface area contributed by atoms with Crippen molar-refractivity contribution in [2.24, 2.45) is 7.05 Å². The molecule has 7 heteroatoms. The maximum absolute atomic E-state index is 13.0. The molecule has 1 fully saturated rings. The minimum Gasteiger partial charge on any atom is -0.508 e. The zero-order valence-electron chi connectivity index (χ0n) is 14.7. The molecule has 0 bridgehead atoms. The van der Waals surface area contributed by atoms with Crippen LogP contribution in [0.1, 0.15) is 37.1 Å². The molecule has 1 aliphatic heterocycles. The van der Waals surface area contributed by atoms with Crippen molar-refractivity contribution >= 4 is 10.0 Å². The number of hydrogen-bond acceptors (Lipinski definition) is 4. The Hall–Kier alpha value is -1.86. The second-order valence-electron chi connectivity index (χ2n) is 6.71. The molecule has 1 aromatic heterocycles. The van der Waals surface area contributed by atoms with E-state index in [1.165, 1.54) is 0 Å². The van der Waals surface area contributed by atoms with Crippen molar-refractivity contribution in [3.63, 3.8) is 0 Å². The maximum atomic E-state index is 13.0. The molecule has 0 unspecified atom stereocenters. The van der Waals surface area contributed by atoms with Crippen LogP contribution in [0.3, 0.4) is 0 Å². The number of aromatic hydroxyl groups is 1. The Bertz CT molecular complexity index is 808. The number of sulfonamides is 1. The summed E-state index contributed by atoms with van der Waals surface area (Å²) in [7, 11) is -1.76. The van der Waals surface area contributed by atoms with Crippen LogP contribution in [0.4, 0.5) is 0 Å². The smallest absolute Gasteiger partial charge is 0.262 e. The van der Waals surface area contributed by atoms with Gasteiger partial charge in [-0.25, -0.2) is 13.4 Å². The quantitative estimate of drug-likeness (QED) is 0.886. The fraction of sp³-hybridized carbons (Fsp3) is 0.500. The Balaban J connectivity index is 1.77. The Morgan fingerprint density at radius 2 is 1.96 bits per heavy atom. The molecule has 0 radical (unpaired) electrons. The number of benzene rings is 1. The molecule has 3 rings (SSSR count). The van der Waals surface area contributed by atoms with Gasteiger partial charge in [0.15, 0.2) is 5.03 Å². The van der Waals surface area contributed by atoms with Crippen molar-refractivity contribution in [2.75, 3.05) is 6.54 Å². The van der Waals surface area contributed by atoms with Crippen LogP contribution in [-0.4, -0.2) is 40.0 Å². The zero-order valence-corrected chi connectivity index (χ0v) is 15.5. The summed E-state index contributed by atoms with van der Waals surface area (Å²) in [6.07, 6.45) is 5.97. The number of imidazole rings is 1. The van der Waals surface area contributed by atoms with E-state index in [0.29, 0.717) is 12.4 Å². The summed E-state index contributed by atoms with van der Waals surface area (Å²) in [4.78, 5) is 4.23. The lowest BCUT2D eigenvalue weighted by Gasteiger charge is -2.34. The van der Waals surface area contributed by atoms with Gasteiger partial charge in [-0.15, -0.1) is 0 Å². The van der Waals surface area contributed by atoms with Crippen LogP contribution in [0, 0.1) is 6.92 Å². The van der Waals surface area contributed by atoms with Crippen molar-refractivity contribution in [3.8, 4) is 5.75 Å². The summed E-state index contributed by atoms with van der Waals surface area (Å²) in [5.74, 6) is 0.937. The molecule has 2 heterocycles. The van der Waals surface area contributed by atoms with Crippen molar-refractivity contribution in [3.05, 3.63) is 41.9 Å². The van der Waals surface area contributed by atoms with E-state index in [2.05, 4.69) is 4.98 Å². The molecule has 1 aliphatic rings. The fourth-order valence-corrected chi connectivity index (χ4v) is 5.10. The first-order valence-electron chi connectivity index (χ1n) is 8.67. The highest BCUT2D eigenvalue weighted by Crippen LogP contribution is 2.27. The van der Waals surface area contributed by atoms with Gasteiger partial charge in [-0.3, -0.25) is 0 Å². The van der Waals surface area contributed by atoms with Crippen molar-refractivity contribution in [2.45, 2.75) is 50.1 Å². The summed E-state index contributed by atoms with van der Waals surface area (Å²) >= 11 is 0. The van der Waals surface area contributed by atoms with E-state index in [-0.39, 0.29) is 16.8 Å². The van der Waals surface area contributed by atoms with Crippen LogP contribution in [0.2, 0.25) is 0 Å². The monoisotopic (exact) mass is 363 g/mol. The molecular formula is C18H25N3O3S. The van der Waals surface area contributed by atoms with Gasteiger partial charge in [0.05, 0.1) is 0 Å². The lowest BCUT2D eigenvalue weighted by molar-refractivity contribution is 0.240. The zero-order chi connectivity index (χ0) is 18.0. The van der Waals surface area contributed by atoms with E-state index in [0.717, 1.165) is 37.7 Å². The van der Waals surface area contributed by atoms with Crippen LogP contribution in [0.15, 0.2) is 35.5 Å². The minimum atomic E-state index is -3.56. The molecule has 1 N–H and O–H groups in total. The largest absolute Gasteiger partial charge is 0.508 e. The van der Waals surface area contributed by atoms with Gasteiger partial charge in [0.1, 0.15) is 11.6 Å². The average Bonchev–Trinajstić information content (AvgIpc) is 2.94. The SMILES string of the molecule is Cc1nc(S(=O)(=O)N2CCCC[C@@H]2CCc2ccc(O)cc2)cn1C. The van der Waals surface area contributed by atoms with E-state index >= 15 is 0 Å². The van der Waals surface area contributed by atoms with Crippen molar-refractivity contribution < 1.29 is 13.5 Å². The number of phenolic OH excluding ortho intramolecular Hbond substituents is 1. The van der Waals surface area contributed by atoms with Gasteiger partial charge in [0.25, 0.3) is 10.0 Å². The van der Waals surface area contributed by atoms with Crippen molar-refractivity contribution in [1.82, 2.24) is 13.9 Å². The molecule has 25 heavy (non-hydrogen) atoms. The predicted molar refractivity (Wildman–Crippen MR) is 95.9 cm³/mol. The summed E-state index contributed by atoms with van der Waals surface area (Å²) in [5.41, 5.74) is 1.11. The first kappa shape index (κ1) is 17.9. The molecule has 136 valence electrons. The second-order valence-corrected chi connectivity index (χ2v) is 8.55. The molecule has 6 nitrogen and oxygen atoms in total. The first-order valence-corrected chi connectivity index (χ1v) is 10.1. The number of phenols is 1. The number of piperidine rings is 1. The van der Waals surface area contributed by atoms with Crippen LogP contribution in [0.25, 0.3) is 0 Å². The Labute approximate surface area is 149 Å². The Kier molecular flexibility index (Phi) is 5.15. The maximum Gasteiger partial charge on any atom is 0.262 e. The topological polar surface area (TPSA) is 75.4 Å². The van der Waals surface area contributed by atoms with E-state index in [9.17, 15) is 13.5 Å². The van der Waals surface area contributed by atoms with Crippen LogP contribution < -0.4 is 0 Å². The van der Waals surface area contributed by atoms with Gasteiger partial charge in [-0.1, -0.05) is 18.6 Å². The van der Waals surface area contributed by atoms with Crippen LogP contribution >= 0.6 is 0 Å². The molecule has 0 saturated carbocycles. The van der Waals surface area contributed by atoms with E-state index < -0.39 is 10.0 Å². The van der Waals surface area contributed by atoms with Gasteiger partial charge in [0.2, 0.25) is 0 Å². The van der Waals surface area contributed by atoms with E-state index in [1.807, 2.05) is 12.1 Å². The molecule has 0 aliphatic carbocycles. The molecular weight excluding hydrogens is 338 g/mol. The number of nitrogens with zero attached hydrogens (tertiary/aromatic N) is 3. The molecule has 0 amide bonds. The van der Waals surface area contributed by atoms with Gasteiger partial charge >= 0.3 is 0 Å². The summed E-state index contributed by atoms with van der Waals surface area (Å²) < 4.78 is 29.4. The minimum absolute atomic E-state index is 0.00475. The van der Waals surface area contributed by atoms with Gasteiger partial charge < -0.3 is 9.67 Å². The second kappa shape index (κ2) is 7.17. The van der Waals surface area contributed by atoms with Crippen LogP contribution in [0.5, 0.6) is 5.75 Å². The normalized spacial score (nSPS) is 19.2. The van der Waals surface area contributed by atoms with Crippen molar-refractivity contribution in [1.29, 1.82) is 0 Å². The fourth-order valence-electron chi connectivity index (χ4n) is 3.35. The summed E-state index contributed by atoms with van der Waals surface area (Å²) in [6, 6.07) is 7.11. The van der Waals surface area contributed by atoms with Gasteiger partial charge in [-0.05, 0) is 50.3 Å². The highest BCUT2D eigenvalue weighted by Gasteiger charge is 2.34. The van der Waals surface area contributed by atoms with E-state index in [1.54, 1.807) is 41.2 Å². The number of rotatable bonds is 5. The highest BCUT2D eigenvalue weighted by atomic mass is 32.2. The highest BCUT2D eigenvalue weighted by molar-refractivity contribution is 7.89.